The average molecular weight is 482 g/mol. The third kappa shape index (κ3) is 7.21. The largest absolute Gasteiger partial charge is 0.493 e. The van der Waals surface area contributed by atoms with Gasteiger partial charge >= 0.3 is 0 Å². The van der Waals surface area contributed by atoms with E-state index in [4.69, 9.17) is 18.9 Å². The minimum absolute atomic E-state index is 0.164. The molecule has 2 aromatic carbocycles. The van der Waals surface area contributed by atoms with Crippen molar-refractivity contribution in [3.8, 4) is 17.2 Å². The molecule has 35 heavy (non-hydrogen) atoms. The molecule has 1 aromatic heterocycles. The van der Waals surface area contributed by atoms with Crippen LogP contribution in [-0.4, -0.2) is 72.0 Å². The molecule has 3 aromatic rings. The second kappa shape index (κ2) is 11.6. The fourth-order valence-electron chi connectivity index (χ4n) is 4.17. The normalized spacial score (nSPS) is 18.7. The molecule has 0 spiro atoms. The Balaban J connectivity index is 1.37. The summed E-state index contributed by atoms with van der Waals surface area (Å²) in [6, 6.07) is 13.8. The number of nitrogens with zero attached hydrogens (tertiary/aromatic N) is 3. The van der Waals surface area contributed by atoms with Gasteiger partial charge in [0.2, 0.25) is 0 Å². The van der Waals surface area contributed by atoms with Gasteiger partial charge in [0, 0.05) is 25.8 Å². The van der Waals surface area contributed by atoms with E-state index in [0.29, 0.717) is 50.9 Å². The van der Waals surface area contributed by atoms with Crippen LogP contribution in [0.5, 0.6) is 17.2 Å². The monoisotopic (exact) mass is 481 g/mol. The van der Waals surface area contributed by atoms with Crippen LogP contribution >= 0.6 is 0 Å². The molecule has 188 valence electrons. The number of hydrogen-bond donors (Lipinski definition) is 1. The van der Waals surface area contributed by atoms with Gasteiger partial charge in [-0.1, -0.05) is 18.2 Å². The van der Waals surface area contributed by atoms with Crippen LogP contribution in [0.15, 0.2) is 54.9 Å². The zero-order valence-electron chi connectivity index (χ0n) is 20.8. The van der Waals surface area contributed by atoms with Crippen molar-refractivity contribution in [2.75, 3.05) is 46.6 Å². The Morgan fingerprint density at radius 2 is 1.97 bits per heavy atom. The van der Waals surface area contributed by atoms with Crippen LogP contribution < -0.4 is 14.2 Å². The molecule has 0 unspecified atom stereocenters. The van der Waals surface area contributed by atoms with E-state index >= 15 is 0 Å². The molecule has 1 atom stereocenters. The predicted octanol–water partition coefficient (Wildman–Crippen LogP) is 3.23. The first kappa shape index (κ1) is 25.0. The van der Waals surface area contributed by atoms with Crippen LogP contribution in [0, 0.1) is 13.8 Å². The van der Waals surface area contributed by atoms with E-state index in [-0.39, 0.29) is 13.2 Å². The topological polar surface area (TPSA) is 78.2 Å². The highest BCUT2D eigenvalue weighted by Gasteiger charge is 2.33. The second-order valence-electron chi connectivity index (χ2n) is 9.21. The molecule has 4 rings (SSSR count). The van der Waals surface area contributed by atoms with Crippen LogP contribution in [0.25, 0.3) is 0 Å². The van der Waals surface area contributed by atoms with Gasteiger partial charge < -0.3 is 24.1 Å². The van der Waals surface area contributed by atoms with Crippen LogP contribution in [-0.2, 0) is 17.8 Å². The molecule has 0 aliphatic carbocycles. The number of hydrogen-bond acceptors (Lipinski definition) is 7. The number of benzene rings is 2. The van der Waals surface area contributed by atoms with E-state index in [2.05, 4.69) is 10.00 Å². The highest BCUT2D eigenvalue weighted by atomic mass is 16.5. The van der Waals surface area contributed by atoms with Crippen molar-refractivity contribution in [1.29, 1.82) is 0 Å². The molecule has 8 nitrogen and oxygen atoms in total. The number of rotatable bonds is 10. The van der Waals surface area contributed by atoms with E-state index in [1.807, 2.05) is 73.4 Å². The first-order valence-electron chi connectivity index (χ1n) is 11.9. The molecule has 1 fully saturated rings. The fourth-order valence-corrected chi connectivity index (χ4v) is 4.17. The van der Waals surface area contributed by atoms with Gasteiger partial charge in [0.1, 0.15) is 24.6 Å². The van der Waals surface area contributed by atoms with E-state index in [9.17, 15) is 5.11 Å². The van der Waals surface area contributed by atoms with E-state index in [1.165, 1.54) is 0 Å². The number of aromatic nitrogens is 2. The zero-order valence-corrected chi connectivity index (χ0v) is 20.8. The van der Waals surface area contributed by atoms with Crippen molar-refractivity contribution in [3.63, 3.8) is 0 Å². The summed E-state index contributed by atoms with van der Waals surface area (Å²) in [7, 11) is 1.64. The minimum Gasteiger partial charge on any atom is -0.493 e. The lowest BCUT2D eigenvalue weighted by molar-refractivity contribution is -0.0646. The van der Waals surface area contributed by atoms with E-state index in [1.54, 1.807) is 7.11 Å². The summed E-state index contributed by atoms with van der Waals surface area (Å²) in [5, 5.41) is 15.5. The lowest BCUT2D eigenvalue weighted by atomic mass is 10.1. The summed E-state index contributed by atoms with van der Waals surface area (Å²) in [6.45, 7) is 7.92. The molecule has 1 aliphatic rings. The van der Waals surface area contributed by atoms with Gasteiger partial charge in [-0.25, -0.2) is 0 Å². The molecular formula is C27H35N3O5. The number of methoxy groups -OCH3 is 1. The van der Waals surface area contributed by atoms with Crippen LogP contribution in [0.4, 0.5) is 0 Å². The van der Waals surface area contributed by atoms with Gasteiger partial charge in [0.25, 0.3) is 0 Å². The smallest absolute Gasteiger partial charge is 0.161 e. The molecule has 0 bridgehead atoms. The van der Waals surface area contributed by atoms with Crippen LogP contribution in [0.1, 0.15) is 16.7 Å². The van der Waals surface area contributed by atoms with Gasteiger partial charge in [-0.2, -0.15) is 5.10 Å². The number of β-amino-alcohol motifs (C(OH)–C–C–N with tert-alkyl or cyclic N) is 1. The van der Waals surface area contributed by atoms with Crippen LogP contribution in [0.3, 0.4) is 0 Å². The first-order valence-corrected chi connectivity index (χ1v) is 11.9. The SMILES string of the molecule is COc1ccc(CN2CCOC[C@@](O)(COc3cccc(C)c3)C2)cc1OCCn1cc(C)cn1. The lowest BCUT2D eigenvalue weighted by Gasteiger charge is -2.30. The molecule has 1 saturated heterocycles. The summed E-state index contributed by atoms with van der Waals surface area (Å²) in [4.78, 5) is 2.19. The maximum atomic E-state index is 11.2. The molecule has 1 aliphatic heterocycles. The third-order valence-corrected chi connectivity index (χ3v) is 5.91. The van der Waals surface area contributed by atoms with E-state index < -0.39 is 5.60 Å². The van der Waals surface area contributed by atoms with Gasteiger partial charge in [-0.3, -0.25) is 9.58 Å². The van der Waals surface area contributed by atoms with Crippen molar-refractivity contribution in [2.45, 2.75) is 32.5 Å². The molecule has 1 N–H and O–H groups in total. The summed E-state index contributed by atoms with van der Waals surface area (Å²) < 4.78 is 25.0. The molecular weight excluding hydrogens is 446 g/mol. The average Bonchev–Trinajstić information content (AvgIpc) is 3.16. The van der Waals surface area contributed by atoms with Gasteiger partial charge in [-0.05, 0) is 54.8 Å². The Hall–Kier alpha value is -3.07. The predicted molar refractivity (Wildman–Crippen MR) is 133 cm³/mol. The maximum Gasteiger partial charge on any atom is 0.161 e. The minimum atomic E-state index is -1.10. The molecule has 0 amide bonds. The number of aryl methyl sites for hydroxylation is 2. The van der Waals surface area contributed by atoms with Gasteiger partial charge in [0.15, 0.2) is 11.5 Å². The van der Waals surface area contributed by atoms with Crippen molar-refractivity contribution in [2.24, 2.45) is 0 Å². The van der Waals surface area contributed by atoms with Gasteiger partial charge in [0.05, 0.1) is 33.1 Å². The standard InChI is InChI=1S/C27H35N3O5/c1-21-5-4-6-24(13-21)35-20-27(31)18-29(9-11-33-19-27)17-23-7-8-25(32-3)26(14-23)34-12-10-30-16-22(2)15-28-30/h4-8,13-16,31H,9-12,17-20H2,1-3H3/t27-/m1/s1. The lowest BCUT2D eigenvalue weighted by Crippen LogP contribution is -2.48. The van der Waals surface area contributed by atoms with Crippen molar-refractivity contribution < 1.29 is 24.1 Å². The van der Waals surface area contributed by atoms with E-state index in [0.717, 1.165) is 22.4 Å². The Morgan fingerprint density at radius 1 is 1.09 bits per heavy atom. The quantitative estimate of drug-likeness (QED) is 0.476. The Morgan fingerprint density at radius 3 is 2.74 bits per heavy atom. The maximum absolute atomic E-state index is 11.2. The molecule has 0 saturated carbocycles. The second-order valence-corrected chi connectivity index (χ2v) is 9.21. The Bertz CT molecular complexity index is 1100. The van der Waals surface area contributed by atoms with Crippen LogP contribution in [0.2, 0.25) is 0 Å². The van der Waals surface area contributed by atoms with Crippen molar-refractivity contribution in [3.05, 3.63) is 71.5 Å². The molecule has 8 heteroatoms. The summed E-state index contributed by atoms with van der Waals surface area (Å²) in [5.74, 6) is 2.13. The van der Waals surface area contributed by atoms with Gasteiger partial charge in [-0.15, -0.1) is 0 Å². The summed E-state index contributed by atoms with van der Waals surface area (Å²) in [6.07, 6.45) is 3.82. The Kier molecular flexibility index (Phi) is 8.28. The summed E-state index contributed by atoms with van der Waals surface area (Å²) in [5.41, 5.74) is 2.20. The molecule has 0 radical (unpaired) electrons. The number of aliphatic hydroxyl groups is 1. The van der Waals surface area contributed by atoms with Crippen molar-refractivity contribution in [1.82, 2.24) is 14.7 Å². The third-order valence-electron chi connectivity index (χ3n) is 5.91. The first-order chi connectivity index (χ1) is 16.9. The molecule has 2 heterocycles. The summed E-state index contributed by atoms with van der Waals surface area (Å²) >= 11 is 0. The fraction of sp³-hybridized carbons (Fsp3) is 0.444. The van der Waals surface area contributed by atoms with Crippen molar-refractivity contribution >= 4 is 0 Å². The zero-order chi connectivity index (χ0) is 24.7. The highest BCUT2D eigenvalue weighted by molar-refractivity contribution is 5.43. The Labute approximate surface area is 207 Å². The highest BCUT2D eigenvalue weighted by Crippen LogP contribution is 2.29. The number of ether oxygens (including phenoxy) is 4.